The molecule has 1 saturated heterocycles. The van der Waals surface area contributed by atoms with Crippen molar-refractivity contribution >= 4 is 5.97 Å². The fourth-order valence-corrected chi connectivity index (χ4v) is 4.19. The van der Waals surface area contributed by atoms with Gasteiger partial charge < -0.3 is 9.47 Å². The second-order valence-corrected chi connectivity index (χ2v) is 7.58. The van der Waals surface area contributed by atoms with Crippen LogP contribution in [0.4, 0.5) is 0 Å². The van der Waals surface area contributed by atoms with Crippen molar-refractivity contribution in [2.24, 2.45) is 23.2 Å². The summed E-state index contributed by atoms with van der Waals surface area (Å²) in [5, 5.41) is 0. The minimum Gasteiger partial charge on any atom is -0.432 e. The van der Waals surface area contributed by atoms with E-state index in [1.165, 1.54) is 12.8 Å². The molecule has 5 atom stereocenters. The van der Waals surface area contributed by atoms with Gasteiger partial charge in [-0.2, -0.15) is 0 Å². The molecule has 2 saturated carbocycles. The summed E-state index contributed by atoms with van der Waals surface area (Å²) in [5.74, 6) is 0.192. The topological polar surface area (TPSA) is 35.5 Å². The van der Waals surface area contributed by atoms with Gasteiger partial charge in [0.25, 0.3) is 0 Å². The van der Waals surface area contributed by atoms with Crippen molar-refractivity contribution in [3.63, 3.8) is 0 Å². The van der Waals surface area contributed by atoms with Gasteiger partial charge in [0.2, 0.25) is 5.79 Å². The molecule has 3 nitrogen and oxygen atoms in total. The van der Waals surface area contributed by atoms with Gasteiger partial charge in [-0.1, -0.05) is 27.2 Å². The molecule has 102 valence electrons. The highest BCUT2D eigenvalue weighted by atomic mass is 16.7. The molecular weight excluding hydrogens is 228 g/mol. The number of hydrogen-bond donors (Lipinski definition) is 0. The second-order valence-electron chi connectivity index (χ2n) is 7.58. The summed E-state index contributed by atoms with van der Waals surface area (Å²) in [6.45, 7) is 10.2. The third kappa shape index (κ3) is 1.31. The van der Waals surface area contributed by atoms with Crippen molar-refractivity contribution in [2.75, 3.05) is 0 Å². The molecule has 3 heteroatoms. The Kier molecular flexibility index (Phi) is 2.28. The Balaban J connectivity index is 1.94. The molecule has 0 unspecified atom stereocenters. The number of ether oxygens (including phenoxy) is 2. The van der Waals surface area contributed by atoms with Crippen LogP contribution < -0.4 is 0 Å². The summed E-state index contributed by atoms with van der Waals surface area (Å²) in [5.41, 5.74) is -0.501. The number of esters is 1. The van der Waals surface area contributed by atoms with Crippen LogP contribution in [0.2, 0.25) is 0 Å². The van der Waals surface area contributed by atoms with Gasteiger partial charge in [0.05, 0.1) is 11.5 Å². The molecule has 1 heterocycles. The van der Waals surface area contributed by atoms with E-state index in [-0.39, 0.29) is 22.9 Å². The predicted molar refractivity (Wildman–Crippen MR) is 67.8 cm³/mol. The maximum absolute atomic E-state index is 12.4. The van der Waals surface area contributed by atoms with Crippen molar-refractivity contribution < 1.29 is 14.3 Å². The van der Waals surface area contributed by atoms with Crippen LogP contribution in [0, 0.1) is 23.2 Å². The van der Waals surface area contributed by atoms with E-state index in [1.54, 1.807) is 0 Å². The van der Waals surface area contributed by atoms with E-state index in [0.717, 1.165) is 6.42 Å². The number of carbonyl (C=O) groups excluding carboxylic acids is 1. The van der Waals surface area contributed by atoms with Crippen molar-refractivity contribution in [2.45, 2.75) is 65.3 Å². The zero-order valence-corrected chi connectivity index (χ0v) is 12.1. The molecule has 0 aromatic heterocycles. The number of cyclic esters (lactones) is 1. The third-order valence-corrected chi connectivity index (χ3v) is 5.68. The molecule has 0 amide bonds. The predicted octanol–water partition coefficient (Wildman–Crippen LogP) is 3.13. The molecule has 1 aliphatic heterocycles. The first kappa shape index (κ1) is 12.5. The van der Waals surface area contributed by atoms with E-state index in [2.05, 4.69) is 27.7 Å². The van der Waals surface area contributed by atoms with Gasteiger partial charge in [-0.25, -0.2) is 0 Å². The van der Waals surface area contributed by atoms with Crippen LogP contribution in [0.5, 0.6) is 0 Å². The summed E-state index contributed by atoms with van der Waals surface area (Å²) < 4.78 is 12.1. The minimum atomic E-state index is -0.803. The van der Waals surface area contributed by atoms with Crippen molar-refractivity contribution in [3.05, 3.63) is 0 Å². The number of fused-ring (bicyclic) bond motifs is 4. The Morgan fingerprint density at radius 2 is 1.89 bits per heavy atom. The molecule has 0 bridgehead atoms. The van der Waals surface area contributed by atoms with Crippen LogP contribution in [-0.4, -0.2) is 17.4 Å². The zero-order valence-electron chi connectivity index (χ0n) is 12.1. The van der Waals surface area contributed by atoms with Gasteiger partial charge >= 0.3 is 5.97 Å². The Labute approximate surface area is 109 Å². The molecular formula is C15H24O3. The van der Waals surface area contributed by atoms with Gasteiger partial charge in [0.1, 0.15) is 0 Å². The summed E-state index contributed by atoms with van der Waals surface area (Å²) in [6, 6.07) is 0. The smallest absolute Gasteiger partial charge is 0.314 e. The lowest BCUT2D eigenvalue weighted by molar-refractivity contribution is -0.385. The molecule has 0 aromatic carbocycles. The summed E-state index contributed by atoms with van der Waals surface area (Å²) in [7, 11) is 0. The minimum absolute atomic E-state index is 0.0274. The molecule has 0 aromatic rings. The normalized spacial score (nSPS) is 51.2. The van der Waals surface area contributed by atoms with Gasteiger partial charge in [0, 0.05) is 12.3 Å². The van der Waals surface area contributed by atoms with Crippen molar-refractivity contribution in [1.29, 1.82) is 0 Å². The summed E-state index contributed by atoms with van der Waals surface area (Å²) in [4.78, 5) is 12.4. The fraction of sp³-hybridized carbons (Fsp3) is 0.933. The highest BCUT2D eigenvalue weighted by molar-refractivity contribution is 5.77. The lowest BCUT2D eigenvalue weighted by Gasteiger charge is -2.63. The van der Waals surface area contributed by atoms with Crippen molar-refractivity contribution in [3.8, 4) is 0 Å². The van der Waals surface area contributed by atoms with Crippen LogP contribution in [-0.2, 0) is 14.3 Å². The first-order valence-electron chi connectivity index (χ1n) is 7.12. The summed E-state index contributed by atoms with van der Waals surface area (Å²) in [6.07, 6.45) is 3.59. The Bertz CT molecular complexity index is 397. The first-order chi connectivity index (χ1) is 8.19. The van der Waals surface area contributed by atoms with Crippen LogP contribution in [0.15, 0.2) is 0 Å². The highest BCUT2D eigenvalue weighted by Gasteiger charge is 2.70. The first-order valence-corrected chi connectivity index (χ1v) is 7.12. The average Bonchev–Trinajstić information content (AvgIpc) is 2.59. The standard InChI is InChI=1S/C15H24O3/c1-13(2,3)15(5)17-12(16)11-9-7-6-8-10(9)14(11,4)18-15/h9-11H,6-8H2,1-5H3/t9-,10+,11-,14-,15-/m0/s1. The van der Waals surface area contributed by atoms with Gasteiger partial charge in [-0.05, 0) is 31.6 Å². The van der Waals surface area contributed by atoms with Gasteiger partial charge in [-0.3, -0.25) is 4.79 Å². The fourth-order valence-electron chi connectivity index (χ4n) is 4.19. The van der Waals surface area contributed by atoms with E-state index in [9.17, 15) is 4.79 Å². The lowest BCUT2D eigenvalue weighted by Crippen LogP contribution is -2.72. The van der Waals surface area contributed by atoms with E-state index in [0.29, 0.717) is 11.8 Å². The van der Waals surface area contributed by atoms with Gasteiger partial charge in [0.15, 0.2) is 0 Å². The van der Waals surface area contributed by atoms with E-state index < -0.39 is 5.79 Å². The Hall–Kier alpha value is -0.570. The maximum atomic E-state index is 12.4. The Morgan fingerprint density at radius 1 is 1.22 bits per heavy atom. The van der Waals surface area contributed by atoms with Crippen LogP contribution in [0.3, 0.4) is 0 Å². The molecule has 0 spiro atoms. The molecule has 0 N–H and O–H groups in total. The highest BCUT2D eigenvalue weighted by Crippen LogP contribution is 2.64. The average molecular weight is 252 g/mol. The largest absolute Gasteiger partial charge is 0.432 e. The van der Waals surface area contributed by atoms with Crippen LogP contribution in [0.1, 0.15) is 53.9 Å². The number of rotatable bonds is 0. The summed E-state index contributed by atoms with van der Waals surface area (Å²) >= 11 is 0. The van der Waals surface area contributed by atoms with Crippen molar-refractivity contribution in [1.82, 2.24) is 0 Å². The molecule has 3 aliphatic rings. The number of carbonyl (C=O) groups is 1. The van der Waals surface area contributed by atoms with E-state index >= 15 is 0 Å². The number of hydrogen-bond acceptors (Lipinski definition) is 3. The van der Waals surface area contributed by atoms with Gasteiger partial charge in [-0.15, -0.1) is 0 Å². The third-order valence-electron chi connectivity index (χ3n) is 5.68. The quantitative estimate of drug-likeness (QED) is 0.621. The molecule has 0 radical (unpaired) electrons. The maximum Gasteiger partial charge on any atom is 0.314 e. The second kappa shape index (κ2) is 3.30. The zero-order chi connectivity index (χ0) is 13.3. The van der Waals surface area contributed by atoms with E-state index in [4.69, 9.17) is 9.47 Å². The molecule has 2 aliphatic carbocycles. The molecule has 18 heavy (non-hydrogen) atoms. The van der Waals surface area contributed by atoms with Crippen LogP contribution >= 0.6 is 0 Å². The molecule has 3 rings (SSSR count). The SMILES string of the molecule is CC(C)(C)[C@@]1(C)OC(=O)[C@@H]2[C@H]3CCC[C@H]3[C@]2(C)O1. The monoisotopic (exact) mass is 252 g/mol. The van der Waals surface area contributed by atoms with E-state index in [1.807, 2.05) is 6.92 Å². The van der Waals surface area contributed by atoms with Crippen LogP contribution in [0.25, 0.3) is 0 Å². The lowest BCUT2D eigenvalue weighted by atomic mass is 9.54. The molecule has 3 fully saturated rings. The Morgan fingerprint density at radius 3 is 2.50 bits per heavy atom.